The zero-order valence-corrected chi connectivity index (χ0v) is 15.6. The highest BCUT2D eigenvalue weighted by Crippen LogP contribution is 2.20. The number of amides is 4. The second-order valence-electron chi connectivity index (χ2n) is 5.15. The maximum atomic E-state index is 11.8. The van der Waals surface area contributed by atoms with Crippen molar-refractivity contribution in [2.24, 2.45) is 0 Å². The van der Waals surface area contributed by atoms with Gasteiger partial charge < -0.3 is 15.4 Å². The number of anilines is 1. The molecule has 0 aromatic heterocycles. The van der Waals surface area contributed by atoms with Gasteiger partial charge in [-0.1, -0.05) is 0 Å². The van der Waals surface area contributed by atoms with E-state index in [1.54, 1.807) is 31.2 Å². The number of carbonyl (C=O) groups excluding carboxylic acids is 4. The summed E-state index contributed by atoms with van der Waals surface area (Å²) in [6.07, 6.45) is 0.878. The number of hydrogen-bond acceptors (Lipinski definition) is 6. The van der Waals surface area contributed by atoms with Crippen LogP contribution in [0.1, 0.15) is 26.2 Å². The molecule has 0 aliphatic heterocycles. The Morgan fingerprint density at radius 3 is 2.35 bits per heavy atom. The molecular weight excluding hydrogens is 358 g/mol. The SMILES string of the molecule is CCOC(=O)CCCC(=O)Nc1ccc(SCC(=O)NC(=O)NC)cc1. The largest absolute Gasteiger partial charge is 0.466 e. The molecular formula is C17H23N3O5S. The lowest BCUT2D eigenvalue weighted by Crippen LogP contribution is -2.38. The summed E-state index contributed by atoms with van der Waals surface area (Å²) in [5.41, 5.74) is 0.630. The van der Waals surface area contributed by atoms with E-state index < -0.39 is 11.9 Å². The van der Waals surface area contributed by atoms with Crippen LogP contribution < -0.4 is 16.0 Å². The van der Waals surface area contributed by atoms with Crippen molar-refractivity contribution in [3.05, 3.63) is 24.3 Å². The quantitative estimate of drug-likeness (QED) is 0.445. The van der Waals surface area contributed by atoms with Crippen molar-refractivity contribution in [1.29, 1.82) is 0 Å². The Morgan fingerprint density at radius 1 is 1.04 bits per heavy atom. The first kappa shape index (κ1) is 21.5. The maximum absolute atomic E-state index is 11.8. The number of hydrogen-bond donors (Lipinski definition) is 3. The average Bonchev–Trinajstić information content (AvgIpc) is 2.61. The van der Waals surface area contributed by atoms with Crippen LogP contribution in [0.25, 0.3) is 0 Å². The van der Waals surface area contributed by atoms with E-state index in [0.717, 1.165) is 4.90 Å². The van der Waals surface area contributed by atoms with Crippen LogP contribution in [0.3, 0.4) is 0 Å². The summed E-state index contributed by atoms with van der Waals surface area (Å²) in [6, 6.07) is 6.44. The third-order valence-electron chi connectivity index (χ3n) is 3.08. The Bertz CT molecular complexity index is 634. The average molecular weight is 381 g/mol. The molecule has 0 heterocycles. The molecule has 0 spiro atoms. The van der Waals surface area contributed by atoms with Gasteiger partial charge in [-0.2, -0.15) is 0 Å². The molecule has 1 aromatic carbocycles. The van der Waals surface area contributed by atoms with Crippen molar-refractivity contribution < 1.29 is 23.9 Å². The molecule has 0 saturated carbocycles. The molecule has 9 heteroatoms. The molecule has 0 aliphatic rings. The van der Waals surface area contributed by atoms with Gasteiger partial charge in [-0.15, -0.1) is 11.8 Å². The number of esters is 1. The lowest BCUT2D eigenvalue weighted by molar-refractivity contribution is -0.143. The van der Waals surface area contributed by atoms with E-state index >= 15 is 0 Å². The summed E-state index contributed by atoms with van der Waals surface area (Å²) in [4.78, 5) is 46.4. The van der Waals surface area contributed by atoms with Gasteiger partial charge in [0.05, 0.1) is 12.4 Å². The molecule has 3 N–H and O–H groups in total. The topological polar surface area (TPSA) is 114 Å². The van der Waals surface area contributed by atoms with Crippen LogP contribution in [-0.2, 0) is 19.1 Å². The molecule has 0 saturated heterocycles. The van der Waals surface area contributed by atoms with E-state index in [9.17, 15) is 19.2 Å². The summed E-state index contributed by atoms with van der Waals surface area (Å²) in [6.45, 7) is 2.07. The minimum Gasteiger partial charge on any atom is -0.466 e. The van der Waals surface area contributed by atoms with E-state index in [1.165, 1.54) is 18.8 Å². The highest BCUT2D eigenvalue weighted by atomic mass is 32.2. The van der Waals surface area contributed by atoms with Crippen molar-refractivity contribution >= 4 is 41.3 Å². The van der Waals surface area contributed by atoms with E-state index in [0.29, 0.717) is 18.7 Å². The van der Waals surface area contributed by atoms with Crippen LogP contribution in [0.5, 0.6) is 0 Å². The molecule has 0 radical (unpaired) electrons. The number of imide groups is 1. The number of carbonyl (C=O) groups is 4. The third kappa shape index (κ3) is 9.07. The Balaban J connectivity index is 2.33. The van der Waals surface area contributed by atoms with Crippen molar-refractivity contribution in [3.63, 3.8) is 0 Å². The van der Waals surface area contributed by atoms with Crippen LogP contribution >= 0.6 is 11.8 Å². The number of rotatable bonds is 9. The zero-order chi connectivity index (χ0) is 19.4. The van der Waals surface area contributed by atoms with Gasteiger partial charge in [0, 0.05) is 30.5 Å². The summed E-state index contributed by atoms with van der Waals surface area (Å²) in [5.74, 6) is -0.775. The second-order valence-corrected chi connectivity index (χ2v) is 6.20. The first-order chi connectivity index (χ1) is 12.4. The van der Waals surface area contributed by atoms with Crippen LogP contribution in [0.2, 0.25) is 0 Å². The van der Waals surface area contributed by atoms with Gasteiger partial charge in [0.1, 0.15) is 0 Å². The Hall–Kier alpha value is -2.55. The van der Waals surface area contributed by atoms with Crippen molar-refractivity contribution in [2.45, 2.75) is 31.1 Å². The van der Waals surface area contributed by atoms with E-state index in [2.05, 4.69) is 16.0 Å². The maximum Gasteiger partial charge on any atom is 0.321 e. The fourth-order valence-corrected chi connectivity index (χ4v) is 2.56. The van der Waals surface area contributed by atoms with E-state index in [1.807, 2.05) is 0 Å². The lowest BCUT2D eigenvalue weighted by Gasteiger charge is -2.07. The normalized spacial score (nSPS) is 9.92. The van der Waals surface area contributed by atoms with Crippen LogP contribution in [-0.4, -0.2) is 43.2 Å². The van der Waals surface area contributed by atoms with Gasteiger partial charge >= 0.3 is 12.0 Å². The summed E-state index contributed by atoms with van der Waals surface area (Å²) in [7, 11) is 1.43. The number of urea groups is 1. The molecule has 1 aromatic rings. The molecule has 142 valence electrons. The smallest absolute Gasteiger partial charge is 0.321 e. The van der Waals surface area contributed by atoms with Crippen LogP contribution in [0, 0.1) is 0 Å². The zero-order valence-electron chi connectivity index (χ0n) is 14.8. The van der Waals surface area contributed by atoms with Crippen LogP contribution in [0.4, 0.5) is 10.5 Å². The Kier molecular flexibility index (Phi) is 9.85. The molecule has 0 unspecified atom stereocenters. The van der Waals surface area contributed by atoms with Gasteiger partial charge in [-0.05, 0) is 37.6 Å². The standard InChI is InChI=1S/C17H23N3O5S/c1-3-25-16(23)6-4-5-14(21)19-12-7-9-13(10-8-12)26-11-15(22)20-17(24)18-2/h7-10H,3-6,11H2,1-2H3,(H,19,21)(H2,18,20,22,24). The van der Waals surface area contributed by atoms with Crippen molar-refractivity contribution in [3.8, 4) is 0 Å². The second kappa shape index (κ2) is 11.9. The summed E-state index contributed by atoms with van der Waals surface area (Å²) < 4.78 is 4.80. The monoisotopic (exact) mass is 381 g/mol. The first-order valence-electron chi connectivity index (χ1n) is 8.14. The predicted molar refractivity (Wildman–Crippen MR) is 98.9 cm³/mol. The first-order valence-corrected chi connectivity index (χ1v) is 9.13. The third-order valence-corrected chi connectivity index (χ3v) is 4.09. The van der Waals surface area contributed by atoms with Crippen LogP contribution in [0.15, 0.2) is 29.2 Å². The molecule has 0 fully saturated rings. The van der Waals surface area contributed by atoms with E-state index in [-0.39, 0.29) is 30.5 Å². The minimum atomic E-state index is -0.545. The number of benzene rings is 1. The Morgan fingerprint density at radius 2 is 1.73 bits per heavy atom. The highest BCUT2D eigenvalue weighted by molar-refractivity contribution is 8.00. The number of ether oxygens (including phenoxy) is 1. The molecule has 4 amide bonds. The molecule has 26 heavy (non-hydrogen) atoms. The summed E-state index contributed by atoms with van der Waals surface area (Å²) >= 11 is 1.27. The molecule has 0 aliphatic carbocycles. The van der Waals surface area contributed by atoms with Gasteiger partial charge in [-0.25, -0.2) is 4.79 Å². The van der Waals surface area contributed by atoms with Gasteiger partial charge in [0.25, 0.3) is 0 Å². The van der Waals surface area contributed by atoms with Crippen molar-refractivity contribution in [2.75, 3.05) is 24.7 Å². The minimum absolute atomic E-state index is 0.104. The molecule has 1 rings (SSSR count). The Labute approximate surface area is 156 Å². The van der Waals surface area contributed by atoms with Gasteiger partial charge in [-0.3, -0.25) is 19.7 Å². The fourth-order valence-electron chi connectivity index (χ4n) is 1.86. The fraction of sp³-hybridized carbons (Fsp3) is 0.412. The molecule has 0 bridgehead atoms. The van der Waals surface area contributed by atoms with E-state index in [4.69, 9.17) is 4.74 Å². The number of nitrogens with one attached hydrogen (secondary N) is 3. The van der Waals surface area contributed by atoms with Crippen molar-refractivity contribution in [1.82, 2.24) is 10.6 Å². The molecule has 0 atom stereocenters. The lowest BCUT2D eigenvalue weighted by atomic mass is 10.2. The van der Waals surface area contributed by atoms with Gasteiger partial charge in [0.2, 0.25) is 11.8 Å². The predicted octanol–water partition coefficient (Wildman–Crippen LogP) is 1.91. The highest BCUT2D eigenvalue weighted by Gasteiger charge is 2.08. The summed E-state index contributed by atoms with van der Waals surface area (Å²) in [5, 5.41) is 7.21. The van der Waals surface area contributed by atoms with Gasteiger partial charge in [0.15, 0.2) is 0 Å². The number of thioether (sulfide) groups is 1. The molecule has 8 nitrogen and oxygen atoms in total.